The molecule has 19 heavy (non-hydrogen) atoms. The van der Waals surface area contributed by atoms with E-state index < -0.39 is 0 Å². The number of hydrogen-bond donors (Lipinski definition) is 1. The maximum Gasteiger partial charge on any atom is 0.123 e. The molecule has 1 saturated heterocycles. The van der Waals surface area contributed by atoms with Crippen molar-refractivity contribution in [3.05, 3.63) is 35.6 Å². The molecule has 0 amide bonds. The van der Waals surface area contributed by atoms with E-state index in [-0.39, 0.29) is 5.82 Å². The summed E-state index contributed by atoms with van der Waals surface area (Å²) in [6.07, 6.45) is 1.47. The fourth-order valence-electron chi connectivity index (χ4n) is 2.69. The van der Waals surface area contributed by atoms with Gasteiger partial charge in [0.05, 0.1) is 0 Å². The van der Waals surface area contributed by atoms with Crippen LogP contribution >= 0.6 is 0 Å². The molecular formula is C15H22FN3. The Hall–Kier alpha value is -1.26. The van der Waals surface area contributed by atoms with Gasteiger partial charge in [0.1, 0.15) is 5.82 Å². The molecule has 3 nitrogen and oxygen atoms in total. The van der Waals surface area contributed by atoms with Crippen molar-refractivity contribution in [3.8, 4) is 0 Å². The standard InChI is InChI=1S/C15H22FN3/c1-12-10-19(13(2)9-18(12)8-7-17)11-14-3-5-15(16)6-4-14/h3-7,12-13,17H,8-11H2,1-2H3/t12-,13+/m1/s1. The summed E-state index contributed by atoms with van der Waals surface area (Å²) in [6, 6.07) is 7.68. The minimum atomic E-state index is -0.180. The van der Waals surface area contributed by atoms with Crippen LogP contribution < -0.4 is 0 Å². The second-order valence-corrected chi connectivity index (χ2v) is 5.41. The zero-order valence-corrected chi connectivity index (χ0v) is 11.6. The van der Waals surface area contributed by atoms with Crippen molar-refractivity contribution < 1.29 is 4.39 Å². The van der Waals surface area contributed by atoms with Gasteiger partial charge in [-0.3, -0.25) is 9.80 Å². The van der Waals surface area contributed by atoms with Gasteiger partial charge in [-0.1, -0.05) is 12.1 Å². The SMILES string of the molecule is C[C@@H]1CN(Cc2ccc(F)cc2)[C@@H](C)CN1CC=N. The molecule has 1 fully saturated rings. The summed E-state index contributed by atoms with van der Waals surface area (Å²) < 4.78 is 12.9. The predicted molar refractivity (Wildman–Crippen MR) is 76.1 cm³/mol. The lowest BCUT2D eigenvalue weighted by atomic mass is 10.1. The first kappa shape index (κ1) is 14.2. The molecule has 1 aliphatic rings. The minimum Gasteiger partial charge on any atom is -0.312 e. The molecule has 0 aliphatic carbocycles. The average Bonchev–Trinajstić information content (AvgIpc) is 2.38. The van der Waals surface area contributed by atoms with Crippen LogP contribution in [0.3, 0.4) is 0 Å². The van der Waals surface area contributed by atoms with Gasteiger partial charge in [0.2, 0.25) is 0 Å². The van der Waals surface area contributed by atoms with Crippen LogP contribution in [0.4, 0.5) is 4.39 Å². The van der Waals surface area contributed by atoms with Gasteiger partial charge in [0.25, 0.3) is 0 Å². The Morgan fingerprint density at radius 3 is 2.37 bits per heavy atom. The number of halogens is 1. The third-order valence-corrected chi connectivity index (χ3v) is 3.87. The van der Waals surface area contributed by atoms with Gasteiger partial charge in [0, 0.05) is 44.5 Å². The van der Waals surface area contributed by atoms with Gasteiger partial charge in [-0.25, -0.2) is 4.39 Å². The molecule has 0 saturated carbocycles. The van der Waals surface area contributed by atoms with Gasteiger partial charge in [-0.2, -0.15) is 0 Å². The zero-order chi connectivity index (χ0) is 13.8. The number of piperazine rings is 1. The first-order valence-electron chi connectivity index (χ1n) is 6.81. The van der Waals surface area contributed by atoms with Crippen molar-refractivity contribution in [2.75, 3.05) is 19.6 Å². The van der Waals surface area contributed by atoms with Crippen LogP contribution in [-0.4, -0.2) is 47.7 Å². The fourth-order valence-corrected chi connectivity index (χ4v) is 2.69. The molecule has 1 aromatic carbocycles. The van der Waals surface area contributed by atoms with Crippen molar-refractivity contribution in [1.82, 2.24) is 9.80 Å². The summed E-state index contributed by atoms with van der Waals surface area (Å²) in [5, 5.41) is 7.23. The summed E-state index contributed by atoms with van der Waals surface area (Å²) in [4.78, 5) is 4.76. The molecule has 0 unspecified atom stereocenters. The zero-order valence-electron chi connectivity index (χ0n) is 11.6. The number of nitrogens with zero attached hydrogens (tertiary/aromatic N) is 2. The molecule has 1 heterocycles. The number of benzene rings is 1. The molecule has 104 valence electrons. The first-order valence-corrected chi connectivity index (χ1v) is 6.81. The Labute approximate surface area is 114 Å². The molecule has 0 spiro atoms. The largest absolute Gasteiger partial charge is 0.312 e. The Morgan fingerprint density at radius 1 is 1.16 bits per heavy atom. The van der Waals surface area contributed by atoms with E-state index in [4.69, 9.17) is 5.41 Å². The molecule has 0 radical (unpaired) electrons. The van der Waals surface area contributed by atoms with Crippen LogP contribution in [0.5, 0.6) is 0 Å². The number of rotatable bonds is 4. The molecule has 2 atom stereocenters. The first-order chi connectivity index (χ1) is 9.10. The van der Waals surface area contributed by atoms with Crippen LogP contribution in [-0.2, 0) is 6.54 Å². The lowest BCUT2D eigenvalue weighted by Crippen LogP contribution is -2.56. The summed E-state index contributed by atoms with van der Waals surface area (Å²) in [7, 11) is 0. The van der Waals surface area contributed by atoms with Crippen molar-refractivity contribution in [1.29, 1.82) is 5.41 Å². The highest BCUT2D eigenvalue weighted by atomic mass is 19.1. The van der Waals surface area contributed by atoms with Crippen molar-refractivity contribution in [3.63, 3.8) is 0 Å². The number of nitrogens with one attached hydrogen (secondary N) is 1. The molecule has 2 rings (SSSR count). The van der Waals surface area contributed by atoms with Crippen LogP contribution in [0, 0.1) is 11.2 Å². The van der Waals surface area contributed by atoms with Crippen LogP contribution in [0.25, 0.3) is 0 Å². The molecule has 0 aromatic heterocycles. The Kier molecular flexibility index (Phi) is 4.66. The van der Waals surface area contributed by atoms with E-state index in [1.165, 1.54) is 18.3 Å². The van der Waals surface area contributed by atoms with Gasteiger partial charge in [-0.05, 0) is 31.5 Å². The molecule has 1 aliphatic heterocycles. The van der Waals surface area contributed by atoms with E-state index in [9.17, 15) is 4.39 Å². The highest BCUT2D eigenvalue weighted by Gasteiger charge is 2.28. The molecule has 1 aromatic rings. The maximum atomic E-state index is 12.9. The van der Waals surface area contributed by atoms with E-state index in [0.717, 1.165) is 31.7 Å². The van der Waals surface area contributed by atoms with E-state index in [2.05, 4.69) is 23.6 Å². The Bertz CT molecular complexity index is 418. The van der Waals surface area contributed by atoms with Crippen molar-refractivity contribution >= 4 is 6.21 Å². The lowest BCUT2D eigenvalue weighted by molar-refractivity contribution is 0.0482. The Balaban J connectivity index is 1.98. The molecule has 1 N–H and O–H groups in total. The smallest absolute Gasteiger partial charge is 0.123 e. The quantitative estimate of drug-likeness (QED) is 0.845. The number of hydrogen-bond acceptors (Lipinski definition) is 3. The van der Waals surface area contributed by atoms with Gasteiger partial charge in [-0.15, -0.1) is 0 Å². The van der Waals surface area contributed by atoms with Gasteiger partial charge in [0.15, 0.2) is 0 Å². The van der Waals surface area contributed by atoms with Crippen molar-refractivity contribution in [2.45, 2.75) is 32.5 Å². The lowest BCUT2D eigenvalue weighted by Gasteiger charge is -2.43. The summed E-state index contributed by atoms with van der Waals surface area (Å²) in [6.45, 7) is 7.99. The van der Waals surface area contributed by atoms with E-state index in [0.29, 0.717) is 12.1 Å². The average molecular weight is 263 g/mol. The maximum absolute atomic E-state index is 12.9. The molecular weight excluding hydrogens is 241 g/mol. The normalized spacial score (nSPS) is 25.4. The van der Waals surface area contributed by atoms with Crippen molar-refractivity contribution in [2.24, 2.45) is 0 Å². The molecule has 4 heteroatoms. The van der Waals surface area contributed by atoms with Crippen LogP contribution in [0.2, 0.25) is 0 Å². The van der Waals surface area contributed by atoms with E-state index >= 15 is 0 Å². The fraction of sp³-hybridized carbons (Fsp3) is 0.533. The topological polar surface area (TPSA) is 30.3 Å². The third kappa shape index (κ3) is 3.61. The second kappa shape index (κ2) is 6.26. The summed E-state index contributed by atoms with van der Waals surface area (Å²) in [5.41, 5.74) is 1.15. The summed E-state index contributed by atoms with van der Waals surface area (Å²) in [5.74, 6) is -0.180. The predicted octanol–water partition coefficient (Wildman–Crippen LogP) is 2.37. The van der Waals surface area contributed by atoms with E-state index in [1.807, 2.05) is 12.1 Å². The van der Waals surface area contributed by atoms with Gasteiger partial charge >= 0.3 is 0 Å². The monoisotopic (exact) mass is 263 g/mol. The highest BCUT2D eigenvalue weighted by molar-refractivity contribution is 5.55. The van der Waals surface area contributed by atoms with Gasteiger partial charge < -0.3 is 5.41 Å². The highest BCUT2D eigenvalue weighted by Crippen LogP contribution is 2.17. The molecule has 0 bridgehead atoms. The van der Waals surface area contributed by atoms with Crippen LogP contribution in [0.15, 0.2) is 24.3 Å². The summed E-state index contributed by atoms with van der Waals surface area (Å²) >= 11 is 0. The van der Waals surface area contributed by atoms with Crippen LogP contribution in [0.1, 0.15) is 19.4 Å². The third-order valence-electron chi connectivity index (χ3n) is 3.87. The Morgan fingerprint density at radius 2 is 1.74 bits per heavy atom. The van der Waals surface area contributed by atoms with E-state index in [1.54, 1.807) is 0 Å². The second-order valence-electron chi connectivity index (χ2n) is 5.41. The minimum absolute atomic E-state index is 0.180.